The van der Waals surface area contributed by atoms with Crippen LogP contribution in [0.1, 0.15) is 12.5 Å². The highest BCUT2D eigenvalue weighted by molar-refractivity contribution is 5.59. The lowest BCUT2D eigenvalue weighted by molar-refractivity contribution is 0.184. The summed E-state index contributed by atoms with van der Waals surface area (Å²) in [5.74, 6) is -0.0204. The first kappa shape index (κ1) is 11.1. The molecule has 6 nitrogen and oxygen atoms in total. The van der Waals surface area contributed by atoms with E-state index in [1.54, 1.807) is 16.8 Å². The van der Waals surface area contributed by atoms with Gasteiger partial charge in [0.15, 0.2) is 5.82 Å². The number of benzene rings is 1. The third kappa shape index (κ3) is 1.82. The van der Waals surface area contributed by atoms with Crippen molar-refractivity contribution in [3.63, 3.8) is 0 Å². The van der Waals surface area contributed by atoms with E-state index >= 15 is 0 Å². The average molecular weight is 249 g/mol. The second-order valence-electron chi connectivity index (χ2n) is 4.20. The Labute approximate surface area is 103 Å². The van der Waals surface area contributed by atoms with Gasteiger partial charge in [-0.05, 0) is 35.0 Å². The van der Waals surface area contributed by atoms with E-state index in [0.29, 0.717) is 30.3 Å². The molecule has 1 unspecified atom stereocenters. The number of hydrogen-bond donors (Lipinski definition) is 1. The number of hydrogen-bond acceptors (Lipinski definition) is 5. The number of ether oxygens (including phenoxy) is 1. The predicted octanol–water partition coefficient (Wildman–Crippen LogP) is 1.02. The number of halogens is 1. The minimum atomic E-state index is -0.426. The van der Waals surface area contributed by atoms with Gasteiger partial charge in [-0.1, -0.05) is 0 Å². The number of nitrogens with zero attached hydrogens (tertiary/aromatic N) is 4. The number of nitrogen functional groups attached to an aromatic ring is 1. The van der Waals surface area contributed by atoms with E-state index in [-0.39, 0.29) is 6.04 Å². The van der Waals surface area contributed by atoms with Crippen molar-refractivity contribution in [1.29, 1.82) is 0 Å². The first-order valence-corrected chi connectivity index (χ1v) is 5.66. The van der Waals surface area contributed by atoms with E-state index in [4.69, 9.17) is 10.5 Å². The van der Waals surface area contributed by atoms with Gasteiger partial charge in [0.05, 0.1) is 18.2 Å². The van der Waals surface area contributed by atoms with Crippen LogP contribution in [0.4, 0.5) is 10.1 Å². The molecule has 1 aromatic carbocycles. The van der Waals surface area contributed by atoms with Crippen LogP contribution >= 0.6 is 0 Å². The van der Waals surface area contributed by atoms with Gasteiger partial charge in [-0.15, -0.1) is 5.10 Å². The third-order valence-corrected chi connectivity index (χ3v) is 2.98. The normalized spacial score (nSPS) is 19.3. The molecule has 1 aliphatic heterocycles. The van der Waals surface area contributed by atoms with Gasteiger partial charge >= 0.3 is 0 Å². The molecule has 0 bridgehead atoms. The summed E-state index contributed by atoms with van der Waals surface area (Å²) in [7, 11) is 0. The van der Waals surface area contributed by atoms with Crippen molar-refractivity contribution in [2.75, 3.05) is 18.9 Å². The highest BCUT2D eigenvalue weighted by Gasteiger charge is 2.24. The first-order valence-electron chi connectivity index (χ1n) is 5.66. The van der Waals surface area contributed by atoms with E-state index in [9.17, 15) is 4.39 Å². The molecule has 0 aliphatic carbocycles. The van der Waals surface area contributed by atoms with E-state index in [2.05, 4.69) is 15.5 Å². The van der Waals surface area contributed by atoms with Gasteiger partial charge in [0, 0.05) is 12.3 Å². The van der Waals surface area contributed by atoms with Crippen LogP contribution in [0.5, 0.6) is 0 Å². The fourth-order valence-corrected chi connectivity index (χ4v) is 2.04. The van der Waals surface area contributed by atoms with Crippen LogP contribution in [0.25, 0.3) is 11.4 Å². The highest BCUT2D eigenvalue weighted by Crippen LogP contribution is 2.26. The Bertz CT molecular complexity index is 564. The molecule has 1 aliphatic rings. The van der Waals surface area contributed by atoms with Crippen molar-refractivity contribution in [2.45, 2.75) is 12.5 Å². The van der Waals surface area contributed by atoms with E-state index < -0.39 is 5.82 Å². The summed E-state index contributed by atoms with van der Waals surface area (Å²) in [5.41, 5.74) is 6.25. The maximum absolute atomic E-state index is 13.9. The van der Waals surface area contributed by atoms with Crippen molar-refractivity contribution in [3.8, 4) is 11.4 Å². The van der Waals surface area contributed by atoms with Crippen LogP contribution in [0.3, 0.4) is 0 Å². The molecule has 7 heteroatoms. The first-order chi connectivity index (χ1) is 8.75. The van der Waals surface area contributed by atoms with E-state index in [0.717, 1.165) is 6.42 Å². The van der Waals surface area contributed by atoms with Gasteiger partial charge in [-0.3, -0.25) is 0 Å². The summed E-state index contributed by atoms with van der Waals surface area (Å²) < 4.78 is 20.8. The van der Waals surface area contributed by atoms with E-state index in [1.807, 2.05) is 0 Å². The van der Waals surface area contributed by atoms with Gasteiger partial charge in [0.2, 0.25) is 0 Å². The number of rotatable bonds is 2. The largest absolute Gasteiger partial charge is 0.399 e. The molecule has 1 aromatic heterocycles. The summed E-state index contributed by atoms with van der Waals surface area (Å²) in [4.78, 5) is 0. The minimum Gasteiger partial charge on any atom is -0.399 e. The second kappa shape index (κ2) is 4.34. The molecule has 0 spiro atoms. The second-order valence-corrected chi connectivity index (χ2v) is 4.20. The summed E-state index contributed by atoms with van der Waals surface area (Å²) in [6.07, 6.45) is 0.828. The maximum Gasteiger partial charge on any atom is 0.185 e. The fourth-order valence-electron chi connectivity index (χ4n) is 2.04. The minimum absolute atomic E-state index is 0.0620. The van der Waals surface area contributed by atoms with Crippen LogP contribution < -0.4 is 5.73 Å². The van der Waals surface area contributed by atoms with Gasteiger partial charge in [0.25, 0.3) is 0 Å². The monoisotopic (exact) mass is 249 g/mol. The van der Waals surface area contributed by atoms with Gasteiger partial charge < -0.3 is 10.5 Å². The Balaban J connectivity index is 2.03. The zero-order chi connectivity index (χ0) is 12.5. The predicted molar refractivity (Wildman–Crippen MR) is 62.1 cm³/mol. The standard InChI is InChI=1S/C11H12FN5O/c12-10-5-7(13)1-2-9(10)11-14-15-16-17(11)8-3-4-18-6-8/h1-2,5,8H,3-4,6,13H2. The summed E-state index contributed by atoms with van der Waals surface area (Å²) in [5, 5.41) is 11.4. The summed E-state index contributed by atoms with van der Waals surface area (Å²) >= 11 is 0. The molecule has 3 rings (SSSR count). The molecule has 0 radical (unpaired) electrons. The molecule has 2 heterocycles. The third-order valence-electron chi connectivity index (χ3n) is 2.98. The Kier molecular flexibility index (Phi) is 2.67. The number of nitrogens with two attached hydrogens (primary N) is 1. The van der Waals surface area contributed by atoms with Crippen LogP contribution in [0, 0.1) is 5.82 Å². The zero-order valence-electron chi connectivity index (χ0n) is 9.58. The van der Waals surface area contributed by atoms with Gasteiger partial charge in [0.1, 0.15) is 5.82 Å². The molecule has 2 N–H and O–H groups in total. The maximum atomic E-state index is 13.9. The number of anilines is 1. The van der Waals surface area contributed by atoms with Crippen LogP contribution in [-0.4, -0.2) is 33.4 Å². The molecule has 18 heavy (non-hydrogen) atoms. The lowest BCUT2D eigenvalue weighted by Crippen LogP contribution is -2.12. The Hall–Kier alpha value is -2.02. The SMILES string of the molecule is Nc1ccc(-c2nnnn2C2CCOC2)c(F)c1. The molecule has 94 valence electrons. The van der Waals surface area contributed by atoms with Crippen LogP contribution in [0.15, 0.2) is 18.2 Å². The molecule has 1 saturated heterocycles. The quantitative estimate of drug-likeness (QED) is 0.804. The molecule has 0 saturated carbocycles. The number of tetrazole rings is 1. The molecular formula is C11H12FN5O. The van der Waals surface area contributed by atoms with Crippen molar-refractivity contribution < 1.29 is 9.13 Å². The van der Waals surface area contributed by atoms with Crippen LogP contribution in [-0.2, 0) is 4.74 Å². The molecule has 1 atom stereocenters. The van der Waals surface area contributed by atoms with Gasteiger partial charge in [-0.2, -0.15) is 0 Å². The molecule has 1 fully saturated rings. The average Bonchev–Trinajstić information content (AvgIpc) is 2.98. The molecular weight excluding hydrogens is 237 g/mol. The van der Waals surface area contributed by atoms with E-state index in [1.165, 1.54) is 6.07 Å². The molecule has 2 aromatic rings. The summed E-state index contributed by atoms with van der Waals surface area (Å²) in [6.45, 7) is 1.23. The Morgan fingerprint density at radius 2 is 2.33 bits per heavy atom. The van der Waals surface area contributed by atoms with Crippen molar-refractivity contribution in [3.05, 3.63) is 24.0 Å². The van der Waals surface area contributed by atoms with Crippen LogP contribution in [0.2, 0.25) is 0 Å². The Morgan fingerprint density at radius 1 is 1.44 bits per heavy atom. The highest BCUT2D eigenvalue weighted by atomic mass is 19.1. The number of aromatic nitrogens is 4. The van der Waals surface area contributed by atoms with Crippen molar-refractivity contribution >= 4 is 5.69 Å². The topological polar surface area (TPSA) is 78.9 Å². The van der Waals surface area contributed by atoms with Gasteiger partial charge in [-0.25, -0.2) is 9.07 Å². The Morgan fingerprint density at radius 3 is 3.06 bits per heavy atom. The zero-order valence-corrected chi connectivity index (χ0v) is 9.58. The fraction of sp³-hybridized carbons (Fsp3) is 0.364. The molecule has 0 amide bonds. The lowest BCUT2D eigenvalue weighted by Gasteiger charge is -2.10. The smallest absolute Gasteiger partial charge is 0.185 e. The van der Waals surface area contributed by atoms with Crippen molar-refractivity contribution in [1.82, 2.24) is 20.2 Å². The summed E-state index contributed by atoms with van der Waals surface area (Å²) in [6, 6.07) is 4.54. The lowest BCUT2D eigenvalue weighted by atomic mass is 10.1. The van der Waals surface area contributed by atoms with Crippen molar-refractivity contribution in [2.24, 2.45) is 0 Å².